The van der Waals surface area contributed by atoms with Gasteiger partial charge in [-0.1, -0.05) is 27.5 Å². The second-order valence-corrected chi connectivity index (χ2v) is 7.73. The summed E-state index contributed by atoms with van der Waals surface area (Å²) in [5, 5.41) is 14.5. The monoisotopic (exact) mass is 536 g/mol. The summed E-state index contributed by atoms with van der Waals surface area (Å²) in [5.41, 5.74) is 4.62. The highest BCUT2D eigenvalue weighted by Gasteiger charge is 2.07. The van der Waals surface area contributed by atoms with Gasteiger partial charge in [0.1, 0.15) is 11.5 Å². The molecular weight excluding hydrogens is 522 g/mol. The van der Waals surface area contributed by atoms with Crippen LogP contribution < -0.4 is 10.2 Å². The Morgan fingerprint density at radius 3 is 2.64 bits per heavy atom. The van der Waals surface area contributed by atoms with E-state index in [0.29, 0.717) is 19.9 Å². The number of phenols is 1. The molecular formula is C17H15BrClIN2O3. The molecule has 25 heavy (non-hydrogen) atoms. The molecule has 0 saturated heterocycles. The van der Waals surface area contributed by atoms with Gasteiger partial charge in [-0.25, -0.2) is 5.43 Å². The zero-order chi connectivity index (χ0) is 18.6. The maximum atomic E-state index is 11.8. The second-order valence-electron chi connectivity index (χ2n) is 5.28. The Morgan fingerprint density at radius 2 is 2.00 bits per heavy atom. The summed E-state index contributed by atoms with van der Waals surface area (Å²) in [6, 6.07) is 7.01. The fraction of sp³-hybridized carbons (Fsp3) is 0.176. The zero-order valence-corrected chi connectivity index (χ0v) is 17.9. The fourth-order valence-electron chi connectivity index (χ4n) is 2.03. The van der Waals surface area contributed by atoms with E-state index in [4.69, 9.17) is 16.3 Å². The maximum absolute atomic E-state index is 11.8. The van der Waals surface area contributed by atoms with Gasteiger partial charge in [0.15, 0.2) is 6.61 Å². The number of carbonyl (C=O) groups is 1. The van der Waals surface area contributed by atoms with Gasteiger partial charge in [0, 0.05) is 15.1 Å². The first-order valence-corrected chi connectivity index (χ1v) is 9.42. The van der Waals surface area contributed by atoms with Crippen LogP contribution in [0.5, 0.6) is 11.5 Å². The van der Waals surface area contributed by atoms with Gasteiger partial charge in [-0.05, 0) is 71.8 Å². The third kappa shape index (κ3) is 5.58. The Hall–Kier alpha value is -1.32. The number of phenolic OH excluding ortho intramolecular Hbond substituents is 1. The van der Waals surface area contributed by atoms with Gasteiger partial charge in [0.25, 0.3) is 5.91 Å². The van der Waals surface area contributed by atoms with Gasteiger partial charge in [0.2, 0.25) is 0 Å². The molecule has 0 heterocycles. The Labute approximate surface area is 172 Å². The van der Waals surface area contributed by atoms with Crippen molar-refractivity contribution in [2.24, 2.45) is 5.10 Å². The number of halogens is 3. The molecule has 1 amide bonds. The zero-order valence-electron chi connectivity index (χ0n) is 13.4. The molecule has 132 valence electrons. The lowest BCUT2D eigenvalue weighted by atomic mass is 10.1. The van der Waals surface area contributed by atoms with Crippen LogP contribution in [-0.2, 0) is 4.79 Å². The van der Waals surface area contributed by atoms with E-state index in [1.807, 2.05) is 36.4 Å². The summed E-state index contributed by atoms with van der Waals surface area (Å²) in [6.07, 6.45) is 1.37. The summed E-state index contributed by atoms with van der Waals surface area (Å²) in [4.78, 5) is 11.8. The first-order chi connectivity index (χ1) is 11.8. The van der Waals surface area contributed by atoms with Gasteiger partial charge in [0.05, 0.1) is 9.78 Å². The molecule has 0 aliphatic heterocycles. The maximum Gasteiger partial charge on any atom is 0.277 e. The predicted molar refractivity (Wildman–Crippen MR) is 111 cm³/mol. The summed E-state index contributed by atoms with van der Waals surface area (Å²) in [6.45, 7) is 3.57. The number of benzene rings is 2. The lowest BCUT2D eigenvalue weighted by Gasteiger charge is -2.09. The smallest absolute Gasteiger partial charge is 0.277 e. The molecule has 2 N–H and O–H groups in total. The number of aromatic hydroxyl groups is 1. The lowest BCUT2D eigenvalue weighted by Crippen LogP contribution is -2.24. The fourth-order valence-corrected chi connectivity index (χ4v) is 3.69. The van der Waals surface area contributed by atoms with Crippen molar-refractivity contribution in [2.45, 2.75) is 13.8 Å². The third-order valence-corrected chi connectivity index (χ3v) is 5.11. The number of ether oxygens (including phenoxy) is 1. The normalized spacial score (nSPS) is 10.9. The minimum absolute atomic E-state index is 0.102. The number of amides is 1. The van der Waals surface area contributed by atoms with E-state index in [9.17, 15) is 9.90 Å². The molecule has 0 fully saturated rings. The third-order valence-electron chi connectivity index (χ3n) is 3.23. The summed E-state index contributed by atoms with van der Waals surface area (Å²) in [5.74, 6) is 0.258. The number of carbonyl (C=O) groups excluding carboxylic acids is 1. The Bertz CT molecular complexity index is 820. The Morgan fingerprint density at radius 1 is 1.36 bits per heavy atom. The van der Waals surface area contributed by atoms with Crippen LogP contribution in [-0.4, -0.2) is 23.8 Å². The van der Waals surface area contributed by atoms with E-state index in [1.165, 1.54) is 6.21 Å². The number of rotatable bonds is 5. The number of hydrogen-bond acceptors (Lipinski definition) is 4. The van der Waals surface area contributed by atoms with E-state index in [1.54, 1.807) is 24.3 Å². The molecule has 0 spiro atoms. The van der Waals surface area contributed by atoms with Crippen LogP contribution in [0, 0.1) is 17.4 Å². The summed E-state index contributed by atoms with van der Waals surface area (Å²) in [7, 11) is 0. The largest absolute Gasteiger partial charge is 0.506 e. The topological polar surface area (TPSA) is 70.9 Å². The second kappa shape index (κ2) is 8.86. The molecule has 0 saturated carbocycles. The van der Waals surface area contributed by atoms with Crippen LogP contribution >= 0.6 is 50.1 Å². The van der Waals surface area contributed by atoms with Crippen molar-refractivity contribution in [1.29, 1.82) is 0 Å². The molecule has 2 aromatic rings. The van der Waals surface area contributed by atoms with Crippen molar-refractivity contribution >= 4 is 62.2 Å². The van der Waals surface area contributed by atoms with Crippen molar-refractivity contribution in [1.82, 2.24) is 5.43 Å². The Kier molecular flexibility index (Phi) is 7.09. The molecule has 0 bridgehead atoms. The average Bonchev–Trinajstić information content (AvgIpc) is 2.54. The van der Waals surface area contributed by atoms with Crippen molar-refractivity contribution in [3.05, 3.63) is 54.0 Å². The van der Waals surface area contributed by atoms with Crippen LogP contribution in [0.2, 0.25) is 5.02 Å². The predicted octanol–water partition coefficient (Wildman–Crippen LogP) is 4.56. The minimum Gasteiger partial charge on any atom is -0.506 e. The lowest BCUT2D eigenvalue weighted by molar-refractivity contribution is -0.123. The number of hydrazone groups is 1. The van der Waals surface area contributed by atoms with Crippen molar-refractivity contribution in [2.75, 3.05) is 6.61 Å². The first-order valence-electron chi connectivity index (χ1n) is 7.17. The highest BCUT2D eigenvalue weighted by atomic mass is 127. The van der Waals surface area contributed by atoms with Crippen LogP contribution in [0.1, 0.15) is 16.7 Å². The summed E-state index contributed by atoms with van der Waals surface area (Å²) >= 11 is 11.4. The highest BCUT2D eigenvalue weighted by molar-refractivity contribution is 14.1. The molecule has 0 radical (unpaired) electrons. The molecule has 2 rings (SSSR count). The molecule has 0 aromatic heterocycles. The van der Waals surface area contributed by atoms with Gasteiger partial charge in [-0.2, -0.15) is 5.10 Å². The van der Waals surface area contributed by atoms with E-state index in [2.05, 4.69) is 26.5 Å². The molecule has 5 nitrogen and oxygen atoms in total. The number of hydrogen-bond donors (Lipinski definition) is 2. The quantitative estimate of drug-likeness (QED) is 0.334. The number of nitrogens with zero attached hydrogens (tertiary/aromatic N) is 1. The van der Waals surface area contributed by atoms with Crippen molar-refractivity contribution in [3.8, 4) is 11.5 Å². The van der Waals surface area contributed by atoms with Crippen LogP contribution in [0.25, 0.3) is 0 Å². The van der Waals surface area contributed by atoms with E-state index < -0.39 is 5.91 Å². The van der Waals surface area contributed by atoms with Gasteiger partial charge in [-0.3, -0.25) is 4.79 Å². The number of nitrogens with one attached hydrogen (secondary N) is 1. The summed E-state index contributed by atoms with van der Waals surface area (Å²) < 4.78 is 6.93. The van der Waals surface area contributed by atoms with E-state index in [0.717, 1.165) is 15.6 Å². The Balaban J connectivity index is 1.93. The minimum atomic E-state index is -0.411. The standard InChI is InChI=1S/C17H15BrClIN2O3/c1-9-3-13(4-10(2)16(9)19)25-8-15(23)22-21-7-11-5-12(18)6-14(20)17(11)24/h3-7,24H,8H2,1-2H3,(H,22,23)/b21-7+. The van der Waals surface area contributed by atoms with E-state index >= 15 is 0 Å². The molecule has 0 aliphatic carbocycles. The van der Waals surface area contributed by atoms with Crippen LogP contribution in [0.3, 0.4) is 0 Å². The van der Waals surface area contributed by atoms with Crippen molar-refractivity contribution < 1.29 is 14.6 Å². The SMILES string of the molecule is Cc1cc(OCC(=O)N/N=C/c2cc(Br)cc(I)c2O)cc(C)c1Cl. The molecule has 2 aromatic carbocycles. The molecule has 8 heteroatoms. The van der Waals surface area contributed by atoms with Crippen LogP contribution in [0.4, 0.5) is 0 Å². The molecule has 0 atom stereocenters. The van der Waals surface area contributed by atoms with Gasteiger partial charge in [-0.15, -0.1) is 0 Å². The van der Waals surface area contributed by atoms with Gasteiger partial charge >= 0.3 is 0 Å². The average molecular weight is 538 g/mol. The van der Waals surface area contributed by atoms with Gasteiger partial charge < -0.3 is 9.84 Å². The molecule has 0 aliphatic rings. The molecule has 0 unspecified atom stereocenters. The van der Waals surface area contributed by atoms with Crippen molar-refractivity contribution in [3.63, 3.8) is 0 Å². The van der Waals surface area contributed by atoms with Crippen LogP contribution in [0.15, 0.2) is 33.8 Å². The first kappa shape index (κ1) is 20.0. The number of aryl methyl sites for hydroxylation is 2. The highest BCUT2D eigenvalue weighted by Crippen LogP contribution is 2.27. The van der Waals surface area contributed by atoms with E-state index in [-0.39, 0.29) is 12.4 Å².